The van der Waals surface area contributed by atoms with Crippen LogP contribution < -0.4 is 0 Å². The molecule has 0 unspecified atom stereocenters. The van der Waals surface area contributed by atoms with Gasteiger partial charge in [0.15, 0.2) is 0 Å². The number of hydrogen-bond acceptors (Lipinski definition) is 3. The van der Waals surface area contributed by atoms with E-state index in [1.54, 1.807) is 51.1 Å². The highest BCUT2D eigenvalue weighted by atomic mass is 16.5. The minimum atomic E-state index is -0.927. The van der Waals surface area contributed by atoms with Crippen LogP contribution in [0.15, 0.2) is 30.3 Å². The molecule has 1 N–H and O–H groups in total. The summed E-state index contributed by atoms with van der Waals surface area (Å²) in [6.07, 6.45) is 2.98. The lowest BCUT2D eigenvalue weighted by atomic mass is 9.84. The van der Waals surface area contributed by atoms with E-state index in [4.69, 9.17) is 9.84 Å². The third-order valence-corrected chi connectivity index (χ3v) is 2.87. The summed E-state index contributed by atoms with van der Waals surface area (Å²) in [5.74, 6) is -1.26. The van der Waals surface area contributed by atoms with E-state index in [-0.39, 0.29) is 0 Å². The molecule has 0 aliphatic heterocycles. The molecule has 0 spiro atoms. The Kier molecular flexibility index (Phi) is 4.87. The summed E-state index contributed by atoms with van der Waals surface area (Å²) >= 11 is 0. The van der Waals surface area contributed by atoms with Crippen LogP contribution in [0.1, 0.15) is 31.9 Å². The highest BCUT2D eigenvalue weighted by Crippen LogP contribution is 2.23. The van der Waals surface area contributed by atoms with Crippen molar-refractivity contribution in [1.29, 1.82) is 0 Å². The first-order chi connectivity index (χ1) is 8.87. The Morgan fingerprint density at radius 3 is 2.32 bits per heavy atom. The van der Waals surface area contributed by atoms with Gasteiger partial charge in [0.05, 0.1) is 12.0 Å². The number of carbonyl (C=O) groups excluding carboxylic acids is 1. The average Bonchev–Trinajstić information content (AvgIpc) is 2.37. The van der Waals surface area contributed by atoms with Crippen molar-refractivity contribution in [2.75, 3.05) is 6.61 Å². The van der Waals surface area contributed by atoms with E-state index >= 15 is 0 Å². The molecule has 0 aliphatic rings. The molecule has 4 heteroatoms. The van der Waals surface area contributed by atoms with Crippen LogP contribution in [0, 0.1) is 0 Å². The molecule has 1 aromatic rings. The number of carbonyl (C=O) groups is 2. The molecule has 1 aromatic carbocycles. The van der Waals surface area contributed by atoms with Crippen molar-refractivity contribution in [3.8, 4) is 0 Å². The Morgan fingerprint density at radius 1 is 1.26 bits per heavy atom. The van der Waals surface area contributed by atoms with Crippen LogP contribution in [-0.4, -0.2) is 23.7 Å². The topological polar surface area (TPSA) is 63.6 Å². The molecular weight excluding hydrogens is 244 g/mol. The van der Waals surface area contributed by atoms with E-state index in [0.717, 1.165) is 5.56 Å². The van der Waals surface area contributed by atoms with Crippen molar-refractivity contribution < 1.29 is 19.4 Å². The second-order valence-corrected chi connectivity index (χ2v) is 4.64. The van der Waals surface area contributed by atoms with Gasteiger partial charge >= 0.3 is 11.9 Å². The van der Waals surface area contributed by atoms with Crippen LogP contribution in [0.25, 0.3) is 6.08 Å². The monoisotopic (exact) mass is 262 g/mol. The fourth-order valence-corrected chi connectivity index (χ4v) is 1.49. The second-order valence-electron chi connectivity index (χ2n) is 4.64. The lowest BCUT2D eigenvalue weighted by molar-refractivity contribution is -0.142. The first kappa shape index (κ1) is 15.0. The predicted molar refractivity (Wildman–Crippen MR) is 72.8 cm³/mol. The summed E-state index contributed by atoms with van der Waals surface area (Å²) in [5, 5.41) is 9.12. The molecule has 4 nitrogen and oxygen atoms in total. The molecule has 0 bridgehead atoms. The van der Waals surface area contributed by atoms with Gasteiger partial charge in [0.2, 0.25) is 0 Å². The zero-order valence-corrected chi connectivity index (χ0v) is 11.3. The van der Waals surface area contributed by atoms with E-state index in [0.29, 0.717) is 12.2 Å². The maximum Gasteiger partial charge on any atom is 0.330 e. The number of esters is 1. The fourth-order valence-electron chi connectivity index (χ4n) is 1.49. The smallest absolute Gasteiger partial charge is 0.330 e. The minimum absolute atomic E-state index is 0.342. The molecule has 0 atom stereocenters. The van der Waals surface area contributed by atoms with Gasteiger partial charge in [-0.05, 0) is 38.0 Å². The molecule has 19 heavy (non-hydrogen) atoms. The molecule has 1 rings (SSSR count). The number of benzene rings is 1. The van der Waals surface area contributed by atoms with Gasteiger partial charge in [0.1, 0.15) is 0 Å². The van der Waals surface area contributed by atoms with Gasteiger partial charge in [0, 0.05) is 6.08 Å². The molecule has 0 aromatic heterocycles. The molecular formula is C15H18O4. The van der Waals surface area contributed by atoms with Crippen LogP contribution in [0.4, 0.5) is 0 Å². The van der Waals surface area contributed by atoms with Gasteiger partial charge in [-0.1, -0.05) is 24.3 Å². The van der Waals surface area contributed by atoms with Crippen molar-refractivity contribution >= 4 is 18.0 Å². The molecule has 0 aliphatic carbocycles. The van der Waals surface area contributed by atoms with E-state index in [1.165, 1.54) is 6.08 Å². The second kappa shape index (κ2) is 6.18. The van der Waals surface area contributed by atoms with E-state index < -0.39 is 17.4 Å². The third kappa shape index (κ3) is 3.95. The SMILES string of the molecule is CCOC(=O)C=Cc1ccc(C(C)(C)C(=O)O)cc1. The van der Waals surface area contributed by atoms with Gasteiger partial charge in [-0.3, -0.25) is 4.79 Å². The first-order valence-electron chi connectivity index (χ1n) is 6.06. The van der Waals surface area contributed by atoms with Crippen LogP contribution >= 0.6 is 0 Å². The Labute approximate surface area is 112 Å². The summed E-state index contributed by atoms with van der Waals surface area (Å²) in [6, 6.07) is 7.05. The maximum absolute atomic E-state index is 11.1. The first-order valence-corrected chi connectivity index (χ1v) is 6.06. The Balaban J connectivity index is 2.83. The number of hydrogen-bond donors (Lipinski definition) is 1. The zero-order valence-electron chi connectivity index (χ0n) is 11.3. The minimum Gasteiger partial charge on any atom is -0.481 e. The summed E-state index contributed by atoms with van der Waals surface area (Å²) in [6.45, 7) is 5.39. The lowest BCUT2D eigenvalue weighted by Gasteiger charge is -2.19. The van der Waals surface area contributed by atoms with Gasteiger partial charge in [-0.15, -0.1) is 0 Å². The van der Waals surface area contributed by atoms with Crippen molar-refractivity contribution in [1.82, 2.24) is 0 Å². The van der Waals surface area contributed by atoms with E-state index in [2.05, 4.69) is 0 Å². The number of carboxylic acids is 1. The molecule has 0 radical (unpaired) electrons. The van der Waals surface area contributed by atoms with Crippen molar-refractivity contribution in [3.63, 3.8) is 0 Å². The third-order valence-electron chi connectivity index (χ3n) is 2.87. The Hall–Kier alpha value is -2.10. The summed E-state index contributed by atoms with van der Waals surface area (Å²) in [5.41, 5.74) is 0.606. The maximum atomic E-state index is 11.1. The van der Waals surface area contributed by atoms with Crippen molar-refractivity contribution in [3.05, 3.63) is 41.5 Å². The molecule has 0 saturated heterocycles. The standard InChI is InChI=1S/C15H18O4/c1-4-19-13(16)10-7-11-5-8-12(9-6-11)15(2,3)14(17)18/h5-10H,4H2,1-3H3,(H,17,18). The van der Waals surface area contributed by atoms with Crippen molar-refractivity contribution in [2.45, 2.75) is 26.2 Å². The molecule has 0 heterocycles. The molecule has 102 valence electrons. The van der Waals surface area contributed by atoms with Crippen LogP contribution in [0.2, 0.25) is 0 Å². The predicted octanol–water partition coefficient (Wildman–Crippen LogP) is 2.63. The van der Waals surface area contributed by atoms with Crippen LogP contribution in [-0.2, 0) is 19.7 Å². The lowest BCUT2D eigenvalue weighted by Crippen LogP contribution is -2.28. The highest BCUT2D eigenvalue weighted by Gasteiger charge is 2.28. The zero-order chi connectivity index (χ0) is 14.5. The van der Waals surface area contributed by atoms with Gasteiger partial charge in [-0.2, -0.15) is 0 Å². The van der Waals surface area contributed by atoms with Gasteiger partial charge < -0.3 is 9.84 Å². The Morgan fingerprint density at radius 2 is 1.84 bits per heavy atom. The largest absolute Gasteiger partial charge is 0.481 e. The molecule has 0 saturated carbocycles. The summed E-state index contributed by atoms with van der Waals surface area (Å²) < 4.78 is 4.77. The van der Waals surface area contributed by atoms with Gasteiger partial charge in [0.25, 0.3) is 0 Å². The number of aliphatic carboxylic acids is 1. The van der Waals surface area contributed by atoms with Gasteiger partial charge in [-0.25, -0.2) is 4.79 Å². The quantitative estimate of drug-likeness (QED) is 0.654. The molecule has 0 fully saturated rings. The fraction of sp³-hybridized carbons (Fsp3) is 0.333. The molecule has 0 amide bonds. The van der Waals surface area contributed by atoms with E-state index in [1.807, 2.05) is 0 Å². The Bertz CT molecular complexity index is 483. The van der Waals surface area contributed by atoms with Crippen molar-refractivity contribution in [2.24, 2.45) is 0 Å². The van der Waals surface area contributed by atoms with E-state index in [9.17, 15) is 9.59 Å². The number of ether oxygens (including phenoxy) is 1. The summed E-state index contributed by atoms with van der Waals surface area (Å²) in [7, 11) is 0. The normalized spacial score (nSPS) is 11.5. The highest BCUT2D eigenvalue weighted by molar-refractivity contribution is 5.87. The van der Waals surface area contributed by atoms with Crippen LogP contribution in [0.3, 0.4) is 0 Å². The number of carboxylic acid groups (broad SMARTS) is 1. The summed E-state index contributed by atoms with van der Waals surface area (Å²) in [4.78, 5) is 22.3. The number of rotatable bonds is 5. The van der Waals surface area contributed by atoms with Crippen LogP contribution in [0.5, 0.6) is 0 Å². The average molecular weight is 262 g/mol.